The van der Waals surface area contributed by atoms with Crippen LogP contribution in [0.25, 0.3) is 27.6 Å². The number of aryl methyl sites for hydroxylation is 2. The van der Waals surface area contributed by atoms with Gasteiger partial charge in [-0.1, -0.05) is 12.1 Å². The van der Waals surface area contributed by atoms with Crippen molar-refractivity contribution in [3.05, 3.63) is 77.1 Å². The van der Waals surface area contributed by atoms with E-state index in [1.807, 2.05) is 69.6 Å². The predicted octanol–water partition coefficient (Wildman–Crippen LogP) is 4.16. The monoisotopic (exact) mass is 437 g/mol. The summed E-state index contributed by atoms with van der Waals surface area (Å²) in [6.07, 6.45) is 5.38. The van der Waals surface area contributed by atoms with Crippen LogP contribution in [0.2, 0.25) is 0 Å². The van der Waals surface area contributed by atoms with Gasteiger partial charge < -0.3 is 5.32 Å². The number of pyridine rings is 1. The van der Waals surface area contributed by atoms with Crippen LogP contribution in [0, 0.1) is 11.3 Å². The Bertz CT molecular complexity index is 1610. The summed E-state index contributed by atoms with van der Waals surface area (Å²) < 4.78 is 5.04. The molecule has 8 heteroatoms. The van der Waals surface area contributed by atoms with E-state index in [1.165, 1.54) is 0 Å². The zero-order valence-electron chi connectivity index (χ0n) is 18.9. The Morgan fingerprint density at radius 2 is 1.79 bits per heavy atom. The molecule has 0 spiro atoms. The maximum absolute atomic E-state index is 13.3. The molecule has 0 saturated heterocycles. The summed E-state index contributed by atoms with van der Waals surface area (Å²) in [6, 6.07) is 15.8. The lowest BCUT2D eigenvalue weighted by atomic mass is 9.86. The van der Waals surface area contributed by atoms with E-state index in [1.54, 1.807) is 33.3 Å². The lowest BCUT2D eigenvalue weighted by Crippen LogP contribution is -2.21. The number of nitriles is 1. The minimum atomic E-state index is -0.605. The molecular formula is C25H23N7O. The molecule has 1 N–H and O–H groups in total. The zero-order chi connectivity index (χ0) is 23.3. The third-order valence-electron chi connectivity index (χ3n) is 6.00. The second-order valence-corrected chi connectivity index (χ2v) is 8.71. The van der Waals surface area contributed by atoms with Crippen LogP contribution in [0.5, 0.6) is 0 Å². The molecule has 0 atom stereocenters. The fourth-order valence-corrected chi connectivity index (χ4v) is 4.06. The largest absolute Gasteiger partial charge is 0.353 e. The topological polar surface area (TPSA) is 93.5 Å². The number of fused-ring (bicyclic) bond motifs is 3. The number of benzene rings is 2. The molecule has 0 aliphatic carbocycles. The number of anilines is 2. The van der Waals surface area contributed by atoms with Crippen molar-refractivity contribution in [2.24, 2.45) is 14.1 Å². The number of nitrogens with zero attached hydrogens (tertiary/aromatic N) is 6. The van der Waals surface area contributed by atoms with Crippen molar-refractivity contribution in [1.29, 1.82) is 5.26 Å². The summed E-state index contributed by atoms with van der Waals surface area (Å²) in [5, 5.41) is 17.9. The van der Waals surface area contributed by atoms with E-state index in [4.69, 9.17) is 0 Å². The highest BCUT2D eigenvalue weighted by molar-refractivity contribution is 6.04. The Morgan fingerprint density at radius 3 is 2.45 bits per heavy atom. The van der Waals surface area contributed by atoms with Gasteiger partial charge in [0, 0.05) is 31.4 Å². The van der Waals surface area contributed by atoms with Gasteiger partial charge in [-0.25, -0.2) is 4.79 Å². The summed E-state index contributed by atoms with van der Waals surface area (Å²) in [5.74, 6) is 0. The van der Waals surface area contributed by atoms with Gasteiger partial charge in [0.25, 0.3) is 0 Å². The van der Waals surface area contributed by atoms with Crippen LogP contribution < -0.4 is 11.0 Å². The summed E-state index contributed by atoms with van der Waals surface area (Å²) in [5.41, 5.74) is 4.95. The van der Waals surface area contributed by atoms with E-state index in [0.717, 1.165) is 44.6 Å². The molecule has 5 aromatic rings. The van der Waals surface area contributed by atoms with Crippen LogP contribution in [-0.4, -0.2) is 23.9 Å². The minimum Gasteiger partial charge on any atom is -0.353 e. The smallest absolute Gasteiger partial charge is 0.333 e. The second kappa shape index (κ2) is 7.35. The fraction of sp³-hybridized carbons (Fsp3) is 0.200. The molecule has 5 rings (SSSR count). The van der Waals surface area contributed by atoms with E-state index in [9.17, 15) is 10.1 Å². The van der Waals surface area contributed by atoms with Crippen LogP contribution in [0.3, 0.4) is 0 Å². The Kier molecular flexibility index (Phi) is 4.57. The Balaban J connectivity index is 1.71. The van der Waals surface area contributed by atoms with Crippen molar-refractivity contribution >= 4 is 33.3 Å². The highest BCUT2D eigenvalue weighted by atomic mass is 16.1. The first-order chi connectivity index (χ1) is 15.8. The molecule has 0 amide bonds. The summed E-state index contributed by atoms with van der Waals surface area (Å²) in [6.45, 7) is 3.75. The van der Waals surface area contributed by atoms with Crippen molar-refractivity contribution in [1.82, 2.24) is 23.9 Å². The van der Waals surface area contributed by atoms with Crippen molar-refractivity contribution in [2.75, 3.05) is 5.32 Å². The van der Waals surface area contributed by atoms with E-state index in [-0.39, 0.29) is 5.69 Å². The van der Waals surface area contributed by atoms with E-state index >= 15 is 0 Å². The summed E-state index contributed by atoms with van der Waals surface area (Å²) in [7, 11) is 3.62. The van der Waals surface area contributed by atoms with Gasteiger partial charge in [0.1, 0.15) is 0 Å². The molecule has 8 nitrogen and oxygen atoms in total. The van der Waals surface area contributed by atoms with Crippen LogP contribution >= 0.6 is 0 Å². The molecule has 0 aliphatic heterocycles. The lowest BCUT2D eigenvalue weighted by molar-refractivity contribution is 0.686. The first kappa shape index (κ1) is 20.5. The molecule has 0 unspecified atom stereocenters. The highest BCUT2D eigenvalue weighted by Gasteiger charge is 2.21. The van der Waals surface area contributed by atoms with Crippen LogP contribution in [0.1, 0.15) is 19.4 Å². The zero-order valence-corrected chi connectivity index (χ0v) is 18.9. The normalized spacial score (nSPS) is 11.7. The summed E-state index contributed by atoms with van der Waals surface area (Å²) in [4.78, 5) is 17.8. The van der Waals surface area contributed by atoms with E-state index in [0.29, 0.717) is 0 Å². The molecule has 164 valence electrons. The maximum Gasteiger partial charge on any atom is 0.333 e. The standard InChI is InChI=1S/C25H23N7O/c1-25(2,15-26)16-5-8-19(9-6-16)32-23-20-11-17(29-18-12-28-30(3)14-18)7-10-21(20)27-13-22(23)31(4)24(32)33/h5-14,29H,1-4H3. The Hall–Kier alpha value is -4.38. The molecule has 0 fully saturated rings. The SMILES string of the molecule is Cn1cc(Nc2ccc3ncc4c(c3c2)n(-c2ccc(C(C)(C)C#N)cc2)c(=O)n4C)cn1. The van der Waals surface area contributed by atoms with Crippen molar-refractivity contribution in [3.8, 4) is 11.8 Å². The predicted molar refractivity (Wildman–Crippen MR) is 129 cm³/mol. The number of imidazole rings is 1. The van der Waals surface area contributed by atoms with Gasteiger partial charge >= 0.3 is 5.69 Å². The van der Waals surface area contributed by atoms with Crippen LogP contribution in [0.15, 0.2) is 65.8 Å². The van der Waals surface area contributed by atoms with Gasteiger partial charge in [0.05, 0.1) is 51.8 Å². The van der Waals surface area contributed by atoms with Crippen molar-refractivity contribution in [3.63, 3.8) is 0 Å². The van der Waals surface area contributed by atoms with Crippen LogP contribution in [-0.2, 0) is 19.5 Å². The number of aromatic nitrogens is 5. The second-order valence-electron chi connectivity index (χ2n) is 8.71. The molecule has 0 radical (unpaired) electrons. The average molecular weight is 438 g/mol. The number of nitrogens with one attached hydrogen (secondary N) is 1. The molecule has 0 bridgehead atoms. The van der Waals surface area contributed by atoms with Gasteiger partial charge in [-0.2, -0.15) is 10.4 Å². The third kappa shape index (κ3) is 3.34. The van der Waals surface area contributed by atoms with Crippen molar-refractivity contribution < 1.29 is 0 Å². The fourth-order valence-electron chi connectivity index (χ4n) is 4.06. The molecule has 2 aromatic carbocycles. The Morgan fingerprint density at radius 1 is 1.03 bits per heavy atom. The average Bonchev–Trinajstić information content (AvgIpc) is 3.34. The maximum atomic E-state index is 13.3. The van der Waals surface area contributed by atoms with Gasteiger partial charge in [-0.05, 0) is 49.7 Å². The van der Waals surface area contributed by atoms with Gasteiger partial charge in [0.15, 0.2) is 0 Å². The first-order valence-electron chi connectivity index (χ1n) is 10.6. The molecule has 33 heavy (non-hydrogen) atoms. The third-order valence-corrected chi connectivity index (χ3v) is 6.00. The highest BCUT2D eigenvalue weighted by Crippen LogP contribution is 2.29. The first-order valence-corrected chi connectivity index (χ1v) is 10.6. The molecule has 0 saturated carbocycles. The van der Waals surface area contributed by atoms with E-state index in [2.05, 4.69) is 21.5 Å². The molecule has 3 heterocycles. The Labute approximate surface area is 190 Å². The number of hydrogen-bond donors (Lipinski definition) is 1. The minimum absolute atomic E-state index is 0.155. The van der Waals surface area contributed by atoms with Crippen molar-refractivity contribution in [2.45, 2.75) is 19.3 Å². The number of hydrogen-bond acceptors (Lipinski definition) is 5. The summed E-state index contributed by atoms with van der Waals surface area (Å²) >= 11 is 0. The molecule has 3 aromatic heterocycles. The van der Waals surface area contributed by atoms with Gasteiger partial charge in [0.2, 0.25) is 0 Å². The van der Waals surface area contributed by atoms with E-state index < -0.39 is 5.41 Å². The molecule has 0 aliphatic rings. The van der Waals surface area contributed by atoms with Crippen LogP contribution in [0.4, 0.5) is 11.4 Å². The number of rotatable bonds is 4. The molecular weight excluding hydrogens is 414 g/mol. The van der Waals surface area contributed by atoms with Gasteiger partial charge in [-0.3, -0.25) is 18.8 Å². The van der Waals surface area contributed by atoms with Gasteiger partial charge in [-0.15, -0.1) is 0 Å². The quantitative estimate of drug-likeness (QED) is 0.456. The lowest BCUT2D eigenvalue weighted by Gasteiger charge is -2.16.